The van der Waals surface area contributed by atoms with E-state index in [-0.39, 0.29) is 5.25 Å². The molecule has 3 aromatic carbocycles. The number of benzene rings is 3. The van der Waals surface area contributed by atoms with E-state index < -0.39 is 11.7 Å². The third-order valence-corrected chi connectivity index (χ3v) is 6.69. The van der Waals surface area contributed by atoms with Crippen molar-refractivity contribution in [1.82, 2.24) is 14.5 Å². The molecule has 4 aromatic rings. The number of alkyl halides is 3. The van der Waals surface area contributed by atoms with Gasteiger partial charge in [0.25, 0.3) is 0 Å². The molecule has 0 saturated carbocycles. The normalized spacial score (nSPS) is 13.0. The molecule has 7 heteroatoms. The summed E-state index contributed by atoms with van der Waals surface area (Å²) in [5, 5.41) is -0.158. The molecule has 33 heavy (non-hydrogen) atoms. The van der Waals surface area contributed by atoms with E-state index in [0.717, 1.165) is 46.9 Å². The summed E-state index contributed by atoms with van der Waals surface area (Å²) in [7, 11) is 4.03. The molecule has 1 atom stereocenters. The highest BCUT2D eigenvalue weighted by Gasteiger charge is 2.32. The van der Waals surface area contributed by atoms with Gasteiger partial charge in [-0.3, -0.25) is 0 Å². The Morgan fingerprint density at radius 1 is 0.939 bits per heavy atom. The number of aromatic nitrogens is 2. The van der Waals surface area contributed by atoms with Gasteiger partial charge in [-0.25, -0.2) is 4.98 Å². The highest BCUT2D eigenvalue weighted by molar-refractivity contribution is 7.99. The van der Waals surface area contributed by atoms with Gasteiger partial charge in [0.15, 0.2) is 0 Å². The number of rotatable bonds is 8. The standard InChI is InChI=1S/C26H26F3N3S/c1-31(2)16-9-17-32-23-15-14-20(26(27,28)29)18-22(23)30-25(32)24(19-10-5-3-6-11-19)33-21-12-7-4-8-13-21/h3-8,10-15,18,24H,9,16-17H2,1-2H3. The molecule has 0 amide bonds. The Morgan fingerprint density at radius 3 is 2.24 bits per heavy atom. The fraction of sp³-hybridized carbons (Fsp3) is 0.269. The summed E-state index contributed by atoms with van der Waals surface area (Å²) in [5.74, 6) is 0.767. The molecule has 1 unspecified atom stereocenters. The maximum Gasteiger partial charge on any atom is 0.416 e. The van der Waals surface area contributed by atoms with E-state index in [4.69, 9.17) is 4.98 Å². The van der Waals surface area contributed by atoms with Crippen LogP contribution in [0.4, 0.5) is 13.2 Å². The van der Waals surface area contributed by atoms with Crippen LogP contribution in [-0.2, 0) is 12.7 Å². The third kappa shape index (κ3) is 5.60. The number of hydrogen-bond donors (Lipinski definition) is 0. The summed E-state index contributed by atoms with van der Waals surface area (Å²) in [4.78, 5) is 7.97. The number of aryl methyl sites for hydroxylation is 1. The van der Waals surface area contributed by atoms with Gasteiger partial charge >= 0.3 is 6.18 Å². The van der Waals surface area contributed by atoms with Crippen molar-refractivity contribution in [1.29, 1.82) is 0 Å². The summed E-state index contributed by atoms with van der Waals surface area (Å²) >= 11 is 1.66. The van der Waals surface area contributed by atoms with Gasteiger partial charge in [-0.15, -0.1) is 11.8 Å². The van der Waals surface area contributed by atoms with E-state index in [1.807, 2.05) is 74.8 Å². The molecule has 0 saturated heterocycles. The van der Waals surface area contributed by atoms with Crippen LogP contribution < -0.4 is 0 Å². The van der Waals surface area contributed by atoms with E-state index in [0.29, 0.717) is 12.1 Å². The van der Waals surface area contributed by atoms with Gasteiger partial charge in [0.2, 0.25) is 0 Å². The van der Waals surface area contributed by atoms with Gasteiger partial charge in [-0.2, -0.15) is 13.2 Å². The van der Waals surface area contributed by atoms with Gasteiger partial charge in [-0.05, 0) is 63.0 Å². The summed E-state index contributed by atoms with van der Waals surface area (Å²) < 4.78 is 42.2. The van der Waals surface area contributed by atoms with Crippen LogP contribution in [-0.4, -0.2) is 35.1 Å². The number of halogens is 3. The van der Waals surface area contributed by atoms with Crippen molar-refractivity contribution >= 4 is 22.8 Å². The first-order valence-electron chi connectivity index (χ1n) is 10.8. The first-order valence-corrected chi connectivity index (χ1v) is 11.7. The maximum atomic E-state index is 13.4. The van der Waals surface area contributed by atoms with Crippen LogP contribution in [0, 0.1) is 0 Å². The molecule has 172 valence electrons. The zero-order valence-corrected chi connectivity index (χ0v) is 19.4. The molecule has 0 N–H and O–H groups in total. The lowest BCUT2D eigenvalue weighted by molar-refractivity contribution is -0.137. The van der Waals surface area contributed by atoms with E-state index in [9.17, 15) is 13.2 Å². The summed E-state index contributed by atoms with van der Waals surface area (Å²) in [6, 6.07) is 23.9. The molecule has 0 radical (unpaired) electrons. The van der Waals surface area contributed by atoms with Crippen molar-refractivity contribution in [2.45, 2.75) is 29.3 Å². The Morgan fingerprint density at radius 2 is 1.61 bits per heavy atom. The predicted octanol–water partition coefficient (Wildman–Crippen LogP) is 6.89. The van der Waals surface area contributed by atoms with Crippen LogP contribution in [0.2, 0.25) is 0 Å². The highest BCUT2D eigenvalue weighted by atomic mass is 32.2. The fourth-order valence-electron chi connectivity index (χ4n) is 3.84. The minimum Gasteiger partial charge on any atom is -0.327 e. The first-order chi connectivity index (χ1) is 15.8. The average Bonchev–Trinajstić information content (AvgIpc) is 3.15. The van der Waals surface area contributed by atoms with Crippen LogP contribution in [0.3, 0.4) is 0 Å². The maximum absolute atomic E-state index is 13.4. The fourth-order valence-corrected chi connectivity index (χ4v) is 5.00. The van der Waals surface area contributed by atoms with E-state index in [2.05, 4.69) is 9.47 Å². The SMILES string of the molecule is CN(C)CCCn1c(C(Sc2ccccc2)c2ccccc2)nc2cc(C(F)(F)F)ccc21. The molecule has 1 aromatic heterocycles. The number of imidazole rings is 1. The van der Waals surface area contributed by atoms with Crippen molar-refractivity contribution in [2.24, 2.45) is 0 Å². The molecule has 4 rings (SSSR count). The Bertz CT molecular complexity index is 1190. The molecule has 0 aliphatic heterocycles. The monoisotopic (exact) mass is 469 g/mol. The van der Waals surface area contributed by atoms with Crippen molar-refractivity contribution in [3.8, 4) is 0 Å². The van der Waals surface area contributed by atoms with Crippen LogP contribution in [0.5, 0.6) is 0 Å². The zero-order chi connectivity index (χ0) is 23.4. The third-order valence-electron chi connectivity index (χ3n) is 5.43. The van der Waals surface area contributed by atoms with Crippen molar-refractivity contribution in [3.05, 3.63) is 95.8 Å². The zero-order valence-electron chi connectivity index (χ0n) is 18.6. The van der Waals surface area contributed by atoms with Gasteiger partial charge in [0.05, 0.1) is 21.8 Å². The number of nitrogens with zero attached hydrogens (tertiary/aromatic N) is 3. The number of hydrogen-bond acceptors (Lipinski definition) is 3. The second-order valence-corrected chi connectivity index (χ2v) is 9.38. The Balaban J connectivity index is 1.84. The smallest absolute Gasteiger partial charge is 0.327 e. The van der Waals surface area contributed by atoms with Crippen LogP contribution >= 0.6 is 11.8 Å². The molecule has 0 spiro atoms. The van der Waals surface area contributed by atoms with Gasteiger partial charge in [0.1, 0.15) is 5.82 Å². The van der Waals surface area contributed by atoms with Crippen molar-refractivity contribution < 1.29 is 13.2 Å². The molecular formula is C26H26F3N3S. The van der Waals surface area contributed by atoms with E-state index >= 15 is 0 Å². The molecule has 3 nitrogen and oxygen atoms in total. The second kappa shape index (κ2) is 10.0. The Labute approximate surface area is 196 Å². The van der Waals surface area contributed by atoms with Crippen LogP contribution in [0.1, 0.15) is 28.6 Å². The summed E-state index contributed by atoms with van der Waals surface area (Å²) in [6.45, 7) is 1.55. The lowest BCUT2D eigenvalue weighted by Crippen LogP contribution is -2.16. The predicted molar refractivity (Wildman–Crippen MR) is 128 cm³/mol. The van der Waals surface area contributed by atoms with Crippen molar-refractivity contribution in [3.63, 3.8) is 0 Å². The van der Waals surface area contributed by atoms with Crippen LogP contribution in [0.15, 0.2) is 83.8 Å². The minimum atomic E-state index is -4.40. The largest absolute Gasteiger partial charge is 0.416 e. The molecular weight excluding hydrogens is 443 g/mol. The van der Waals surface area contributed by atoms with Gasteiger partial charge in [0, 0.05) is 11.4 Å². The van der Waals surface area contributed by atoms with Crippen molar-refractivity contribution in [2.75, 3.05) is 20.6 Å². The Kier molecular flexibility index (Phi) is 7.10. The van der Waals surface area contributed by atoms with Crippen LogP contribution in [0.25, 0.3) is 11.0 Å². The summed E-state index contributed by atoms with van der Waals surface area (Å²) in [6.07, 6.45) is -3.54. The number of thioether (sulfide) groups is 1. The van der Waals surface area contributed by atoms with E-state index in [1.165, 1.54) is 0 Å². The quantitative estimate of drug-likeness (QED) is 0.262. The summed E-state index contributed by atoms with van der Waals surface area (Å²) in [5.41, 5.74) is 1.49. The lowest BCUT2D eigenvalue weighted by Gasteiger charge is -2.20. The first kappa shape index (κ1) is 23.4. The highest BCUT2D eigenvalue weighted by Crippen LogP contribution is 2.41. The number of fused-ring (bicyclic) bond motifs is 1. The Hall–Kier alpha value is -2.77. The average molecular weight is 470 g/mol. The molecule has 0 fully saturated rings. The molecule has 0 bridgehead atoms. The molecule has 0 aliphatic rings. The molecule has 1 heterocycles. The van der Waals surface area contributed by atoms with Gasteiger partial charge in [-0.1, -0.05) is 48.5 Å². The topological polar surface area (TPSA) is 21.1 Å². The van der Waals surface area contributed by atoms with Gasteiger partial charge < -0.3 is 9.47 Å². The second-order valence-electron chi connectivity index (χ2n) is 8.20. The molecule has 0 aliphatic carbocycles. The van der Waals surface area contributed by atoms with E-state index in [1.54, 1.807) is 17.8 Å². The minimum absolute atomic E-state index is 0.158. The lowest BCUT2D eigenvalue weighted by atomic mass is 10.1.